The number of nitro groups is 1. The van der Waals surface area contributed by atoms with E-state index >= 15 is 0 Å². The van der Waals surface area contributed by atoms with Crippen molar-refractivity contribution in [2.75, 3.05) is 0 Å². The maximum atomic E-state index is 9.81. The second-order valence-electron chi connectivity index (χ2n) is 3.17. The number of aliphatic hydroxyl groups is 3. The molecule has 0 aliphatic heterocycles. The van der Waals surface area contributed by atoms with Crippen molar-refractivity contribution in [3.8, 4) is 0 Å². The Morgan fingerprint density at radius 1 is 0.682 bits per heavy atom. The molecule has 132 valence electrons. The highest BCUT2D eigenvalue weighted by atomic mass is 16.9. The van der Waals surface area contributed by atoms with Crippen molar-refractivity contribution < 1.29 is 51.1 Å². The predicted octanol–water partition coefficient (Wildman–Crippen LogP) is -2.37. The van der Waals surface area contributed by atoms with E-state index in [0.29, 0.717) is 0 Å². The van der Waals surface area contributed by atoms with Crippen LogP contribution in [0.2, 0.25) is 0 Å². The van der Waals surface area contributed by atoms with Gasteiger partial charge in [0.15, 0.2) is 5.60 Å². The van der Waals surface area contributed by atoms with Crippen molar-refractivity contribution in [3.05, 3.63) is 40.5 Å². The zero-order chi connectivity index (χ0) is 19.3. The van der Waals surface area contributed by atoms with E-state index in [1.54, 1.807) is 0 Å². The smallest absolute Gasteiger partial charge is 0.378 e. The van der Waals surface area contributed by atoms with Crippen LogP contribution in [0.25, 0.3) is 0 Å². The molecule has 0 heterocycles. The standard InChI is InChI=1S/C4H9NO5.3HNO3/c1-3(2,6)4(7,8)5(9)10;3*2-1(3)4/h6-8H,1-2H3;3*(H,2,3,4). The minimum absolute atomic E-state index is 0.926. The lowest BCUT2D eigenvalue weighted by Crippen LogP contribution is -2.55. The molecule has 0 bridgehead atoms. The Morgan fingerprint density at radius 2 is 0.818 bits per heavy atom. The number of nitrogens with zero attached hydrogens (tertiary/aromatic N) is 4. The van der Waals surface area contributed by atoms with Crippen molar-refractivity contribution in [1.29, 1.82) is 0 Å². The summed E-state index contributed by atoms with van der Waals surface area (Å²) in [5, 5.41) is 76.6. The van der Waals surface area contributed by atoms with Gasteiger partial charge in [0.05, 0.1) is 4.92 Å². The molecule has 0 fully saturated rings. The Balaban J connectivity index is -0.000000112. The fraction of sp³-hybridized carbons (Fsp3) is 1.00. The summed E-state index contributed by atoms with van der Waals surface area (Å²) in [6.07, 6.45) is 0. The summed E-state index contributed by atoms with van der Waals surface area (Å²) in [6.45, 7) is 1.85. The van der Waals surface area contributed by atoms with Gasteiger partial charge in [-0.05, 0) is 13.8 Å². The molecule has 18 heteroatoms. The van der Waals surface area contributed by atoms with E-state index in [-0.39, 0.29) is 0 Å². The first-order valence-corrected chi connectivity index (χ1v) is 4.21. The Labute approximate surface area is 118 Å². The highest BCUT2D eigenvalue weighted by Gasteiger charge is 2.53. The van der Waals surface area contributed by atoms with Crippen LogP contribution >= 0.6 is 0 Å². The first-order chi connectivity index (χ1) is 9.39. The maximum Gasteiger partial charge on any atom is 0.465 e. The van der Waals surface area contributed by atoms with Gasteiger partial charge in [0.1, 0.15) is 0 Å². The summed E-state index contributed by atoms with van der Waals surface area (Å²) in [5.74, 6) is -3.28. The minimum atomic E-state index is -3.28. The second kappa shape index (κ2) is 11.7. The molecule has 18 nitrogen and oxygen atoms in total. The van der Waals surface area contributed by atoms with Crippen molar-refractivity contribution in [3.63, 3.8) is 0 Å². The lowest BCUT2D eigenvalue weighted by Gasteiger charge is -2.23. The summed E-state index contributed by atoms with van der Waals surface area (Å²) < 4.78 is 0. The first kappa shape index (κ1) is 27.3. The van der Waals surface area contributed by atoms with E-state index in [2.05, 4.69) is 0 Å². The van der Waals surface area contributed by atoms with E-state index in [4.69, 9.17) is 61.3 Å². The first-order valence-electron chi connectivity index (χ1n) is 4.21. The summed E-state index contributed by atoms with van der Waals surface area (Å²) in [6, 6.07) is 0. The van der Waals surface area contributed by atoms with Crippen LogP contribution in [0.1, 0.15) is 13.8 Å². The molecule has 0 aromatic carbocycles. The highest BCUT2D eigenvalue weighted by Crippen LogP contribution is 2.18. The summed E-state index contributed by atoms with van der Waals surface area (Å²) in [4.78, 5) is 33.5. The van der Waals surface area contributed by atoms with Gasteiger partial charge in [0.25, 0.3) is 15.3 Å². The number of hydrogen-bond donors (Lipinski definition) is 6. The highest BCUT2D eigenvalue weighted by molar-refractivity contribution is 4.73. The Bertz CT molecular complexity index is 331. The van der Waals surface area contributed by atoms with Gasteiger partial charge >= 0.3 is 5.91 Å². The lowest BCUT2D eigenvalue weighted by molar-refractivity contribution is -0.742. The largest absolute Gasteiger partial charge is 0.465 e. The Morgan fingerprint density at radius 3 is 0.818 bits per heavy atom. The molecule has 0 saturated heterocycles. The third kappa shape index (κ3) is 30.2. The van der Waals surface area contributed by atoms with E-state index in [9.17, 15) is 10.1 Å². The normalized spacial score (nSPS) is 9.32. The molecule has 0 aliphatic carbocycles. The Kier molecular flexibility index (Phi) is 14.5. The molecule has 0 aromatic heterocycles. The fourth-order valence-corrected chi connectivity index (χ4v) is 0.223. The molecule has 22 heavy (non-hydrogen) atoms. The van der Waals surface area contributed by atoms with Crippen LogP contribution in [-0.4, -0.2) is 62.6 Å². The van der Waals surface area contributed by atoms with Crippen molar-refractivity contribution in [2.45, 2.75) is 25.4 Å². The van der Waals surface area contributed by atoms with Gasteiger partial charge in [-0.3, -0.25) is 10.1 Å². The van der Waals surface area contributed by atoms with Crippen LogP contribution in [0.3, 0.4) is 0 Å². The zero-order valence-electron chi connectivity index (χ0n) is 10.7. The molecule has 0 unspecified atom stereocenters. The van der Waals surface area contributed by atoms with Gasteiger partial charge < -0.3 is 30.9 Å². The van der Waals surface area contributed by atoms with Gasteiger partial charge in [-0.15, -0.1) is 30.3 Å². The molecule has 0 spiro atoms. The third-order valence-corrected chi connectivity index (χ3v) is 1.08. The molecule has 0 aliphatic rings. The maximum absolute atomic E-state index is 9.81. The molecular weight excluding hydrogens is 328 g/mol. The van der Waals surface area contributed by atoms with Crippen molar-refractivity contribution >= 4 is 0 Å². The van der Waals surface area contributed by atoms with Gasteiger partial charge in [-0.2, -0.15) is 0 Å². The van der Waals surface area contributed by atoms with Crippen LogP contribution in [-0.2, 0) is 0 Å². The molecule has 6 N–H and O–H groups in total. The summed E-state index contributed by atoms with van der Waals surface area (Å²) in [5.41, 5.74) is -2.17. The topological polar surface area (TPSA) is 294 Å². The third-order valence-electron chi connectivity index (χ3n) is 1.08. The molecule has 0 amide bonds. The van der Waals surface area contributed by atoms with Gasteiger partial charge in [0, 0.05) is 0 Å². The number of rotatable bonds is 2. The Hall–Kier alpha value is -3.12. The van der Waals surface area contributed by atoms with Crippen molar-refractivity contribution in [1.82, 2.24) is 0 Å². The lowest BCUT2D eigenvalue weighted by atomic mass is 10.1. The zero-order valence-corrected chi connectivity index (χ0v) is 10.7. The molecule has 0 atom stereocenters. The molecule has 0 rings (SSSR count). The van der Waals surface area contributed by atoms with Crippen LogP contribution in [0.4, 0.5) is 0 Å². The van der Waals surface area contributed by atoms with Gasteiger partial charge in [-0.25, -0.2) is 0 Å². The summed E-state index contributed by atoms with van der Waals surface area (Å²) >= 11 is 0. The van der Waals surface area contributed by atoms with E-state index in [1.807, 2.05) is 0 Å². The van der Waals surface area contributed by atoms with Crippen LogP contribution in [0.5, 0.6) is 0 Å². The number of hydrogen-bond acceptors (Lipinski definition) is 11. The van der Waals surface area contributed by atoms with Crippen molar-refractivity contribution in [2.24, 2.45) is 0 Å². The average molecular weight is 340 g/mol. The van der Waals surface area contributed by atoms with Crippen LogP contribution in [0, 0.1) is 40.5 Å². The van der Waals surface area contributed by atoms with Gasteiger partial charge in [0.2, 0.25) is 0 Å². The van der Waals surface area contributed by atoms with E-state index in [0.717, 1.165) is 13.8 Å². The minimum Gasteiger partial charge on any atom is -0.378 e. The summed E-state index contributed by atoms with van der Waals surface area (Å²) in [7, 11) is 0. The molecule has 0 saturated carbocycles. The average Bonchev–Trinajstić information content (AvgIpc) is 2.11. The monoisotopic (exact) mass is 340 g/mol. The quantitative estimate of drug-likeness (QED) is 0.174. The van der Waals surface area contributed by atoms with E-state index in [1.165, 1.54) is 0 Å². The second-order valence-corrected chi connectivity index (χ2v) is 3.17. The van der Waals surface area contributed by atoms with Crippen LogP contribution in [0.15, 0.2) is 0 Å². The van der Waals surface area contributed by atoms with Crippen LogP contribution < -0.4 is 0 Å². The predicted molar refractivity (Wildman–Crippen MR) is 56.8 cm³/mol. The molecule has 0 radical (unpaired) electrons. The SMILES string of the molecule is CC(C)(O)C(O)(O)[N+](=O)[O-].O=[N+]([O-])O.O=[N+]([O-])O.O=[N+]([O-])O. The fourth-order valence-electron chi connectivity index (χ4n) is 0.223. The van der Waals surface area contributed by atoms with E-state index < -0.39 is 31.7 Å². The molecule has 0 aromatic rings. The molecular formula is C4H12N4O14. The van der Waals surface area contributed by atoms with Gasteiger partial charge in [-0.1, -0.05) is 0 Å².